The fourth-order valence-electron chi connectivity index (χ4n) is 4.18. The monoisotopic (exact) mass is 440 g/mol. The van der Waals surface area contributed by atoms with E-state index in [0.717, 1.165) is 36.9 Å². The summed E-state index contributed by atoms with van der Waals surface area (Å²) in [6, 6.07) is 3.76. The Morgan fingerprint density at radius 1 is 1.19 bits per heavy atom. The van der Waals surface area contributed by atoms with Crippen LogP contribution in [0.4, 0.5) is 4.79 Å². The summed E-state index contributed by atoms with van der Waals surface area (Å²) >= 11 is 0. The first-order chi connectivity index (χ1) is 15.3. The van der Waals surface area contributed by atoms with Crippen molar-refractivity contribution in [1.29, 1.82) is 0 Å². The van der Waals surface area contributed by atoms with Gasteiger partial charge in [0.1, 0.15) is 18.0 Å². The maximum Gasteiger partial charge on any atom is 0.410 e. The lowest BCUT2D eigenvalue weighted by atomic mass is 9.92. The SMILES string of the molecule is CCC1C[C@H](Oc2ncnc(Oc3cccnc3C)c2C)CC(C)N1C(=O)OC1(C)CC1. The standard InChI is InChI=1S/C24H32N4O4/c1-6-18-13-19(12-15(2)28(18)23(29)32-24(5)9-10-24)30-21-16(3)22(27-14-26-21)31-20-8-7-11-25-17(20)4/h7-8,11,14-15,18-19H,6,9-10,12-13H2,1-5H3/t15?,18?,19-/m1/s1. The lowest BCUT2D eigenvalue weighted by Gasteiger charge is -2.43. The van der Waals surface area contributed by atoms with Crippen molar-refractivity contribution in [2.45, 2.75) is 90.5 Å². The van der Waals surface area contributed by atoms with Gasteiger partial charge in [-0.15, -0.1) is 0 Å². The van der Waals surface area contributed by atoms with Crippen LogP contribution in [0, 0.1) is 13.8 Å². The van der Waals surface area contributed by atoms with Crippen LogP contribution in [0.1, 0.15) is 64.1 Å². The van der Waals surface area contributed by atoms with E-state index in [4.69, 9.17) is 14.2 Å². The summed E-state index contributed by atoms with van der Waals surface area (Å²) in [6.45, 7) is 9.92. The third-order valence-electron chi connectivity index (χ3n) is 6.41. The molecule has 1 aliphatic carbocycles. The molecule has 172 valence electrons. The van der Waals surface area contributed by atoms with Crippen molar-refractivity contribution in [3.05, 3.63) is 35.9 Å². The fourth-order valence-corrected chi connectivity index (χ4v) is 4.18. The Kier molecular flexibility index (Phi) is 6.22. The van der Waals surface area contributed by atoms with E-state index < -0.39 is 0 Å². The molecule has 1 saturated heterocycles. The zero-order valence-corrected chi connectivity index (χ0v) is 19.5. The maximum absolute atomic E-state index is 12.8. The van der Waals surface area contributed by atoms with Crippen LogP contribution in [-0.4, -0.2) is 49.7 Å². The number of hydrogen-bond donors (Lipinski definition) is 0. The number of aryl methyl sites for hydroxylation is 1. The number of carbonyl (C=O) groups excluding carboxylic acids is 1. The molecule has 8 heteroatoms. The summed E-state index contributed by atoms with van der Waals surface area (Å²) in [5, 5.41) is 0. The normalized spacial score (nSPS) is 24.0. The van der Waals surface area contributed by atoms with Crippen molar-refractivity contribution in [2.24, 2.45) is 0 Å². The van der Waals surface area contributed by atoms with Crippen LogP contribution in [0.5, 0.6) is 17.5 Å². The number of carbonyl (C=O) groups is 1. The molecule has 2 aromatic heterocycles. The molecule has 2 aromatic rings. The summed E-state index contributed by atoms with van der Waals surface area (Å²) in [6.07, 6.45) is 7.08. The van der Waals surface area contributed by atoms with E-state index in [2.05, 4.69) is 28.8 Å². The number of hydrogen-bond acceptors (Lipinski definition) is 7. The Morgan fingerprint density at radius 3 is 2.62 bits per heavy atom. The average molecular weight is 441 g/mol. The van der Waals surface area contributed by atoms with E-state index in [1.54, 1.807) is 6.20 Å². The molecule has 0 radical (unpaired) electrons. The van der Waals surface area contributed by atoms with Crippen LogP contribution in [-0.2, 0) is 4.74 Å². The van der Waals surface area contributed by atoms with Gasteiger partial charge in [0, 0.05) is 31.1 Å². The third kappa shape index (κ3) is 4.79. The molecule has 0 bridgehead atoms. The highest BCUT2D eigenvalue weighted by Crippen LogP contribution is 2.40. The van der Waals surface area contributed by atoms with Gasteiger partial charge < -0.3 is 19.1 Å². The molecule has 2 aliphatic rings. The van der Waals surface area contributed by atoms with Gasteiger partial charge in [0.05, 0.1) is 11.3 Å². The summed E-state index contributed by atoms with van der Waals surface area (Å²) in [7, 11) is 0. The smallest absolute Gasteiger partial charge is 0.410 e. The van der Waals surface area contributed by atoms with Crippen molar-refractivity contribution in [2.75, 3.05) is 0 Å². The highest BCUT2D eigenvalue weighted by molar-refractivity contribution is 5.69. The molecule has 1 saturated carbocycles. The summed E-state index contributed by atoms with van der Waals surface area (Å²) in [5.74, 6) is 1.60. The van der Waals surface area contributed by atoms with E-state index in [0.29, 0.717) is 23.9 Å². The molecule has 0 aromatic carbocycles. The predicted octanol–water partition coefficient (Wildman–Crippen LogP) is 4.98. The predicted molar refractivity (Wildman–Crippen MR) is 119 cm³/mol. The average Bonchev–Trinajstić information content (AvgIpc) is 3.48. The van der Waals surface area contributed by atoms with Gasteiger partial charge in [-0.05, 0) is 59.1 Å². The molecule has 8 nitrogen and oxygen atoms in total. The highest BCUT2D eigenvalue weighted by Gasteiger charge is 2.45. The summed E-state index contributed by atoms with van der Waals surface area (Å²) in [5.41, 5.74) is 1.25. The van der Waals surface area contributed by atoms with Crippen molar-refractivity contribution in [1.82, 2.24) is 19.9 Å². The van der Waals surface area contributed by atoms with Gasteiger partial charge in [0.25, 0.3) is 0 Å². The number of nitrogens with zero attached hydrogens (tertiary/aromatic N) is 4. The molecule has 2 fully saturated rings. The van der Waals surface area contributed by atoms with E-state index in [1.807, 2.05) is 37.8 Å². The number of amides is 1. The fraction of sp³-hybridized carbons (Fsp3) is 0.583. The number of aromatic nitrogens is 3. The lowest BCUT2D eigenvalue weighted by molar-refractivity contribution is -0.00767. The molecule has 0 N–H and O–H groups in total. The molecular weight excluding hydrogens is 408 g/mol. The third-order valence-corrected chi connectivity index (χ3v) is 6.41. The molecule has 2 unspecified atom stereocenters. The van der Waals surface area contributed by atoms with Gasteiger partial charge in [-0.25, -0.2) is 14.8 Å². The zero-order valence-electron chi connectivity index (χ0n) is 19.5. The lowest BCUT2D eigenvalue weighted by Crippen LogP contribution is -2.54. The first-order valence-corrected chi connectivity index (χ1v) is 11.4. The zero-order chi connectivity index (χ0) is 22.9. The van der Waals surface area contributed by atoms with Crippen LogP contribution >= 0.6 is 0 Å². The largest absolute Gasteiger partial charge is 0.474 e. The van der Waals surface area contributed by atoms with Crippen molar-refractivity contribution in [3.8, 4) is 17.5 Å². The Labute approximate surface area is 189 Å². The van der Waals surface area contributed by atoms with Crippen molar-refractivity contribution >= 4 is 6.09 Å². The van der Waals surface area contributed by atoms with Gasteiger partial charge in [-0.2, -0.15) is 0 Å². The van der Waals surface area contributed by atoms with Crippen molar-refractivity contribution in [3.63, 3.8) is 0 Å². The Bertz CT molecular complexity index is 978. The first kappa shape index (κ1) is 22.3. The van der Waals surface area contributed by atoms with E-state index in [9.17, 15) is 4.79 Å². The Morgan fingerprint density at radius 2 is 1.94 bits per heavy atom. The summed E-state index contributed by atoms with van der Waals surface area (Å²) < 4.78 is 18.0. The van der Waals surface area contributed by atoms with Crippen LogP contribution in [0.2, 0.25) is 0 Å². The van der Waals surface area contributed by atoms with Gasteiger partial charge >= 0.3 is 6.09 Å². The van der Waals surface area contributed by atoms with E-state index in [1.165, 1.54) is 6.33 Å². The number of pyridine rings is 1. The second-order valence-corrected chi connectivity index (χ2v) is 9.15. The van der Waals surface area contributed by atoms with Gasteiger partial charge in [0.15, 0.2) is 5.75 Å². The molecule has 0 spiro atoms. The van der Waals surface area contributed by atoms with Crippen LogP contribution < -0.4 is 9.47 Å². The maximum atomic E-state index is 12.8. The number of ether oxygens (including phenoxy) is 3. The minimum absolute atomic E-state index is 0.0180. The molecule has 4 rings (SSSR count). The molecular formula is C24H32N4O4. The topological polar surface area (TPSA) is 86.7 Å². The minimum Gasteiger partial charge on any atom is -0.474 e. The van der Waals surface area contributed by atoms with Crippen molar-refractivity contribution < 1.29 is 19.0 Å². The van der Waals surface area contributed by atoms with Gasteiger partial charge in [-0.3, -0.25) is 4.98 Å². The van der Waals surface area contributed by atoms with Gasteiger partial charge in [0.2, 0.25) is 11.8 Å². The number of likely N-dealkylation sites (tertiary alicyclic amines) is 1. The Hall–Kier alpha value is -2.90. The summed E-state index contributed by atoms with van der Waals surface area (Å²) in [4.78, 5) is 27.6. The molecule has 1 amide bonds. The minimum atomic E-state index is -0.274. The highest BCUT2D eigenvalue weighted by atomic mass is 16.6. The second kappa shape index (κ2) is 8.92. The second-order valence-electron chi connectivity index (χ2n) is 9.15. The molecule has 1 aliphatic heterocycles. The Balaban J connectivity index is 1.45. The first-order valence-electron chi connectivity index (χ1n) is 11.4. The number of piperidine rings is 1. The van der Waals surface area contributed by atoms with Crippen LogP contribution in [0.3, 0.4) is 0 Å². The quantitative estimate of drug-likeness (QED) is 0.626. The van der Waals surface area contributed by atoms with Crippen LogP contribution in [0.15, 0.2) is 24.7 Å². The van der Waals surface area contributed by atoms with E-state index in [-0.39, 0.29) is 29.9 Å². The molecule has 3 atom stereocenters. The van der Waals surface area contributed by atoms with Crippen LogP contribution in [0.25, 0.3) is 0 Å². The van der Waals surface area contributed by atoms with Gasteiger partial charge in [-0.1, -0.05) is 6.92 Å². The number of rotatable bonds is 6. The molecule has 3 heterocycles. The van der Waals surface area contributed by atoms with E-state index >= 15 is 0 Å². The molecule has 32 heavy (non-hydrogen) atoms.